The van der Waals surface area contributed by atoms with Crippen molar-refractivity contribution in [2.24, 2.45) is 11.8 Å². The Bertz CT molecular complexity index is 527. The van der Waals surface area contributed by atoms with Crippen molar-refractivity contribution in [1.82, 2.24) is 10.6 Å². The van der Waals surface area contributed by atoms with Gasteiger partial charge < -0.3 is 10.6 Å². The van der Waals surface area contributed by atoms with Gasteiger partial charge in [0, 0.05) is 6.54 Å². The average molecular weight is 309 g/mol. The summed E-state index contributed by atoms with van der Waals surface area (Å²) in [4.78, 5) is 24.5. The highest BCUT2D eigenvalue weighted by molar-refractivity contribution is 6.33. The van der Waals surface area contributed by atoms with Crippen LogP contribution in [0.2, 0.25) is 5.02 Å². The van der Waals surface area contributed by atoms with Crippen molar-refractivity contribution in [1.29, 1.82) is 0 Å². The topological polar surface area (TPSA) is 58.2 Å². The van der Waals surface area contributed by atoms with Crippen molar-refractivity contribution in [3.8, 4) is 0 Å². The second kappa shape index (κ2) is 6.94. The predicted molar refractivity (Wildman–Crippen MR) is 83.3 cm³/mol. The molecule has 2 N–H and O–H groups in total. The molecule has 2 rings (SSSR count). The molecule has 0 saturated heterocycles. The highest BCUT2D eigenvalue weighted by Crippen LogP contribution is 2.27. The Labute approximate surface area is 130 Å². The van der Waals surface area contributed by atoms with Crippen LogP contribution in [0.15, 0.2) is 24.3 Å². The number of amides is 2. The first-order chi connectivity index (χ1) is 9.99. The normalized spacial score (nSPS) is 15.6. The van der Waals surface area contributed by atoms with E-state index < -0.39 is 6.04 Å². The van der Waals surface area contributed by atoms with E-state index in [-0.39, 0.29) is 17.7 Å². The standard InChI is InChI=1S/C16H21ClN2O2/c1-10(2)14(16(21)18-9-11-7-8-11)19-15(20)12-5-3-4-6-13(12)17/h3-6,10-11,14H,7-9H2,1-2H3,(H,18,21)(H,19,20). The van der Waals surface area contributed by atoms with Crippen molar-refractivity contribution in [2.75, 3.05) is 6.54 Å². The van der Waals surface area contributed by atoms with E-state index in [9.17, 15) is 9.59 Å². The van der Waals surface area contributed by atoms with Crippen LogP contribution in [-0.4, -0.2) is 24.4 Å². The largest absolute Gasteiger partial charge is 0.354 e. The minimum atomic E-state index is -0.549. The molecule has 1 saturated carbocycles. The second-order valence-corrected chi connectivity index (χ2v) is 6.27. The Balaban J connectivity index is 1.99. The molecule has 2 amide bonds. The maximum atomic E-state index is 12.3. The molecule has 5 heteroatoms. The summed E-state index contributed by atoms with van der Waals surface area (Å²) in [5.41, 5.74) is 0.389. The van der Waals surface area contributed by atoms with Gasteiger partial charge in [-0.25, -0.2) is 0 Å². The molecule has 1 aliphatic rings. The van der Waals surface area contributed by atoms with Gasteiger partial charge in [-0.2, -0.15) is 0 Å². The van der Waals surface area contributed by atoms with Gasteiger partial charge in [-0.15, -0.1) is 0 Å². The van der Waals surface area contributed by atoms with Gasteiger partial charge in [0.2, 0.25) is 5.91 Å². The van der Waals surface area contributed by atoms with E-state index in [2.05, 4.69) is 10.6 Å². The molecule has 21 heavy (non-hydrogen) atoms. The molecule has 1 aromatic rings. The van der Waals surface area contributed by atoms with Crippen molar-refractivity contribution in [2.45, 2.75) is 32.7 Å². The first kappa shape index (κ1) is 15.8. The van der Waals surface area contributed by atoms with Crippen LogP contribution >= 0.6 is 11.6 Å². The molecule has 0 heterocycles. The van der Waals surface area contributed by atoms with Crippen LogP contribution in [0.5, 0.6) is 0 Å². The number of halogens is 1. The third-order valence-corrected chi connectivity index (χ3v) is 3.95. The molecule has 1 atom stereocenters. The molecule has 4 nitrogen and oxygen atoms in total. The van der Waals surface area contributed by atoms with Crippen LogP contribution in [-0.2, 0) is 4.79 Å². The number of nitrogens with one attached hydrogen (secondary N) is 2. The van der Waals surface area contributed by atoms with Crippen molar-refractivity contribution in [3.63, 3.8) is 0 Å². The summed E-state index contributed by atoms with van der Waals surface area (Å²) in [6.07, 6.45) is 2.36. The van der Waals surface area contributed by atoms with Crippen LogP contribution < -0.4 is 10.6 Å². The number of carbonyl (C=O) groups is 2. The molecule has 1 aromatic carbocycles. The van der Waals surface area contributed by atoms with Gasteiger partial charge in [-0.1, -0.05) is 37.6 Å². The first-order valence-corrected chi connectivity index (χ1v) is 7.70. The Morgan fingerprint density at radius 1 is 1.29 bits per heavy atom. The van der Waals surface area contributed by atoms with Gasteiger partial charge >= 0.3 is 0 Å². The van der Waals surface area contributed by atoms with E-state index >= 15 is 0 Å². The van der Waals surface area contributed by atoms with Gasteiger partial charge in [0.05, 0.1) is 10.6 Å². The molecule has 0 radical (unpaired) electrons. The zero-order chi connectivity index (χ0) is 15.4. The molecule has 1 aliphatic carbocycles. The van der Waals surface area contributed by atoms with Crippen LogP contribution in [0, 0.1) is 11.8 Å². The minimum absolute atomic E-state index is 0.00985. The number of hydrogen-bond acceptors (Lipinski definition) is 2. The lowest BCUT2D eigenvalue weighted by molar-refractivity contribution is -0.124. The molecule has 114 valence electrons. The fraction of sp³-hybridized carbons (Fsp3) is 0.500. The molecular formula is C16H21ClN2O2. The van der Waals surface area contributed by atoms with E-state index in [1.54, 1.807) is 24.3 Å². The van der Waals surface area contributed by atoms with Crippen molar-refractivity contribution in [3.05, 3.63) is 34.9 Å². The summed E-state index contributed by atoms with van der Waals surface area (Å²) in [5, 5.41) is 6.08. The molecule has 0 spiro atoms. The quantitative estimate of drug-likeness (QED) is 0.848. The Hall–Kier alpha value is -1.55. The maximum Gasteiger partial charge on any atom is 0.253 e. The first-order valence-electron chi connectivity index (χ1n) is 7.32. The summed E-state index contributed by atoms with van der Waals surface area (Å²) in [6, 6.07) is 6.28. The van der Waals surface area contributed by atoms with E-state index in [1.165, 1.54) is 12.8 Å². The molecule has 0 bridgehead atoms. The lowest BCUT2D eigenvalue weighted by atomic mass is 10.0. The van der Waals surface area contributed by atoms with E-state index in [4.69, 9.17) is 11.6 Å². The Morgan fingerprint density at radius 3 is 2.52 bits per heavy atom. The third-order valence-electron chi connectivity index (χ3n) is 3.62. The van der Waals surface area contributed by atoms with Gasteiger partial charge in [0.1, 0.15) is 6.04 Å². The second-order valence-electron chi connectivity index (χ2n) is 5.86. The van der Waals surface area contributed by atoms with Gasteiger partial charge in [0.15, 0.2) is 0 Å². The van der Waals surface area contributed by atoms with Crippen molar-refractivity contribution < 1.29 is 9.59 Å². The van der Waals surface area contributed by atoms with Crippen LogP contribution in [0.25, 0.3) is 0 Å². The highest BCUT2D eigenvalue weighted by Gasteiger charge is 2.27. The fourth-order valence-corrected chi connectivity index (χ4v) is 2.30. The summed E-state index contributed by atoms with van der Waals surface area (Å²) < 4.78 is 0. The Kier molecular flexibility index (Phi) is 5.23. The van der Waals surface area contributed by atoms with Gasteiger partial charge in [0.25, 0.3) is 5.91 Å². The molecule has 1 fully saturated rings. The average Bonchev–Trinajstić information content (AvgIpc) is 3.26. The predicted octanol–water partition coefficient (Wildman–Crippen LogP) is 2.62. The number of rotatable bonds is 6. The summed E-state index contributed by atoms with van der Waals surface area (Å²) in [6.45, 7) is 4.52. The zero-order valence-electron chi connectivity index (χ0n) is 12.4. The van der Waals surface area contributed by atoms with Crippen LogP contribution in [0.3, 0.4) is 0 Å². The van der Waals surface area contributed by atoms with E-state index in [1.807, 2.05) is 13.8 Å². The number of carbonyl (C=O) groups excluding carboxylic acids is 2. The Morgan fingerprint density at radius 2 is 1.95 bits per heavy atom. The van der Waals surface area contributed by atoms with E-state index in [0.717, 1.165) is 0 Å². The third kappa shape index (κ3) is 4.46. The van der Waals surface area contributed by atoms with E-state index in [0.29, 0.717) is 23.0 Å². The monoisotopic (exact) mass is 308 g/mol. The maximum absolute atomic E-state index is 12.3. The zero-order valence-corrected chi connectivity index (χ0v) is 13.1. The minimum Gasteiger partial charge on any atom is -0.354 e. The van der Waals surface area contributed by atoms with Crippen molar-refractivity contribution >= 4 is 23.4 Å². The van der Waals surface area contributed by atoms with Gasteiger partial charge in [-0.05, 0) is 36.8 Å². The van der Waals surface area contributed by atoms with Crippen LogP contribution in [0.4, 0.5) is 0 Å². The van der Waals surface area contributed by atoms with Gasteiger partial charge in [-0.3, -0.25) is 9.59 Å². The summed E-state index contributed by atoms with van der Waals surface area (Å²) >= 11 is 6.01. The fourth-order valence-electron chi connectivity index (χ4n) is 2.08. The molecule has 1 unspecified atom stereocenters. The molecule has 0 aliphatic heterocycles. The lowest BCUT2D eigenvalue weighted by Gasteiger charge is -2.22. The highest BCUT2D eigenvalue weighted by atomic mass is 35.5. The lowest BCUT2D eigenvalue weighted by Crippen LogP contribution is -2.50. The number of hydrogen-bond donors (Lipinski definition) is 2. The molecular weight excluding hydrogens is 288 g/mol. The van der Waals surface area contributed by atoms with Crippen LogP contribution in [0.1, 0.15) is 37.0 Å². The summed E-state index contributed by atoms with van der Waals surface area (Å²) in [5.74, 6) is 0.176. The molecule has 0 aromatic heterocycles. The smallest absolute Gasteiger partial charge is 0.253 e. The SMILES string of the molecule is CC(C)C(NC(=O)c1ccccc1Cl)C(=O)NCC1CC1. The number of benzene rings is 1. The summed E-state index contributed by atoms with van der Waals surface area (Å²) in [7, 11) is 0.